The molecule has 0 aliphatic heterocycles. The second-order valence-corrected chi connectivity index (χ2v) is 6.18. The van der Waals surface area contributed by atoms with Crippen LogP contribution in [0.1, 0.15) is 49.7 Å². The van der Waals surface area contributed by atoms with Gasteiger partial charge in [0.2, 0.25) is 5.91 Å². The first-order valence-corrected chi connectivity index (χ1v) is 8.26. The number of hydrogen-bond donors (Lipinski definition) is 1. The van der Waals surface area contributed by atoms with Gasteiger partial charge in [-0.3, -0.25) is 4.79 Å². The standard InChI is InChI=1S/C18H28N2O/c1-15-8-10-16(11-9-15)14-18(21)20(13-5-12-19)17-6-3-2-4-7-17/h8-11,17H,2-7,12-14,19H2,1H3. The summed E-state index contributed by atoms with van der Waals surface area (Å²) in [5, 5.41) is 0. The maximum Gasteiger partial charge on any atom is 0.227 e. The van der Waals surface area contributed by atoms with Crippen molar-refractivity contribution in [2.45, 2.75) is 57.9 Å². The third-order valence-electron chi connectivity index (χ3n) is 4.41. The average Bonchev–Trinajstić information content (AvgIpc) is 2.51. The minimum Gasteiger partial charge on any atom is -0.339 e. The summed E-state index contributed by atoms with van der Waals surface area (Å²) in [6.07, 6.45) is 7.54. The van der Waals surface area contributed by atoms with Gasteiger partial charge in [-0.1, -0.05) is 49.1 Å². The van der Waals surface area contributed by atoms with Gasteiger partial charge in [-0.15, -0.1) is 0 Å². The van der Waals surface area contributed by atoms with Crippen LogP contribution in [-0.2, 0) is 11.2 Å². The number of nitrogens with zero attached hydrogens (tertiary/aromatic N) is 1. The Bertz CT molecular complexity index is 435. The summed E-state index contributed by atoms with van der Waals surface area (Å²) in [5.74, 6) is 0.263. The molecule has 3 nitrogen and oxygen atoms in total. The summed E-state index contributed by atoms with van der Waals surface area (Å²) < 4.78 is 0. The predicted molar refractivity (Wildman–Crippen MR) is 87.1 cm³/mol. The molecule has 0 saturated heterocycles. The Hall–Kier alpha value is -1.35. The number of rotatable bonds is 6. The van der Waals surface area contributed by atoms with Gasteiger partial charge >= 0.3 is 0 Å². The van der Waals surface area contributed by atoms with E-state index in [1.54, 1.807) is 0 Å². The molecule has 116 valence electrons. The number of carbonyl (C=O) groups is 1. The molecular weight excluding hydrogens is 260 g/mol. The Balaban J connectivity index is 2.00. The lowest BCUT2D eigenvalue weighted by Crippen LogP contribution is -2.43. The Morgan fingerprint density at radius 3 is 2.48 bits per heavy atom. The van der Waals surface area contributed by atoms with Crippen LogP contribution >= 0.6 is 0 Å². The number of nitrogens with two attached hydrogens (primary N) is 1. The van der Waals surface area contributed by atoms with Crippen molar-refractivity contribution in [3.05, 3.63) is 35.4 Å². The molecular formula is C18H28N2O. The highest BCUT2D eigenvalue weighted by atomic mass is 16.2. The molecule has 0 unspecified atom stereocenters. The molecule has 0 spiro atoms. The van der Waals surface area contributed by atoms with Crippen LogP contribution < -0.4 is 5.73 Å². The highest BCUT2D eigenvalue weighted by molar-refractivity contribution is 5.79. The molecule has 1 fully saturated rings. The zero-order valence-electron chi connectivity index (χ0n) is 13.2. The van der Waals surface area contributed by atoms with E-state index >= 15 is 0 Å². The zero-order chi connectivity index (χ0) is 15.1. The molecule has 0 atom stereocenters. The summed E-state index contributed by atoms with van der Waals surface area (Å²) in [5.41, 5.74) is 7.98. The van der Waals surface area contributed by atoms with Crippen molar-refractivity contribution in [1.29, 1.82) is 0 Å². The van der Waals surface area contributed by atoms with Crippen molar-refractivity contribution in [2.24, 2.45) is 5.73 Å². The smallest absolute Gasteiger partial charge is 0.227 e. The van der Waals surface area contributed by atoms with Gasteiger partial charge in [0.05, 0.1) is 6.42 Å². The first-order chi connectivity index (χ1) is 10.2. The maximum absolute atomic E-state index is 12.7. The number of amides is 1. The average molecular weight is 288 g/mol. The molecule has 21 heavy (non-hydrogen) atoms. The fraction of sp³-hybridized carbons (Fsp3) is 0.611. The lowest BCUT2D eigenvalue weighted by Gasteiger charge is -2.34. The summed E-state index contributed by atoms with van der Waals surface area (Å²) in [4.78, 5) is 14.8. The molecule has 1 aliphatic carbocycles. The molecule has 2 N–H and O–H groups in total. The van der Waals surface area contributed by atoms with E-state index in [0.717, 1.165) is 31.4 Å². The van der Waals surface area contributed by atoms with Crippen LogP contribution in [0, 0.1) is 6.92 Å². The molecule has 1 aromatic carbocycles. The number of carbonyl (C=O) groups excluding carboxylic acids is 1. The second-order valence-electron chi connectivity index (χ2n) is 6.18. The van der Waals surface area contributed by atoms with Gasteiger partial charge < -0.3 is 10.6 Å². The van der Waals surface area contributed by atoms with Crippen LogP contribution in [0.25, 0.3) is 0 Å². The quantitative estimate of drug-likeness (QED) is 0.874. The van der Waals surface area contributed by atoms with E-state index in [1.807, 2.05) is 0 Å². The number of aryl methyl sites for hydroxylation is 1. The molecule has 0 aromatic heterocycles. The number of benzene rings is 1. The zero-order valence-corrected chi connectivity index (χ0v) is 13.2. The van der Waals surface area contributed by atoms with Crippen LogP contribution in [0.15, 0.2) is 24.3 Å². The molecule has 0 radical (unpaired) electrons. The van der Waals surface area contributed by atoms with E-state index in [9.17, 15) is 4.79 Å². The van der Waals surface area contributed by atoms with Crippen molar-refractivity contribution in [3.8, 4) is 0 Å². The normalized spacial score (nSPS) is 15.9. The largest absolute Gasteiger partial charge is 0.339 e. The lowest BCUT2D eigenvalue weighted by atomic mass is 9.93. The molecule has 1 saturated carbocycles. The lowest BCUT2D eigenvalue weighted by molar-refractivity contribution is -0.133. The predicted octanol–water partition coefficient (Wildman–Crippen LogP) is 3.05. The van der Waals surface area contributed by atoms with E-state index in [0.29, 0.717) is 19.0 Å². The van der Waals surface area contributed by atoms with Crippen molar-refractivity contribution in [3.63, 3.8) is 0 Å². The molecule has 0 heterocycles. The van der Waals surface area contributed by atoms with Gasteiger partial charge in [-0.2, -0.15) is 0 Å². The van der Waals surface area contributed by atoms with E-state index < -0.39 is 0 Å². The van der Waals surface area contributed by atoms with Crippen molar-refractivity contribution >= 4 is 5.91 Å². The van der Waals surface area contributed by atoms with Gasteiger partial charge in [0.1, 0.15) is 0 Å². The Kier molecular flexibility index (Phi) is 6.24. The van der Waals surface area contributed by atoms with Crippen LogP contribution in [-0.4, -0.2) is 29.9 Å². The molecule has 0 bridgehead atoms. The van der Waals surface area contributed by atoms with Gasteiger partial charge in [-0.25, -0.2) is 0 Å². The molecule has 1 amide bonds. The molecule has 2 rings (SSSR count). The van der Waals surface area contributed by atoms with Gasteiger partial charge in [0.25, 0.3) is 0 Å². The topological polar surface area (TPSA) is 46.3 Å². The van der Waals surface area contributed by atoms with Crippen LogP contribution in [0.3, 0.4) is 0 Å². The summed E-state index contributed by atoms with van der Waals surface area (Å²) in [7, 11) is 0. The number of hydrogen-bond acceptors (Lipinski definition) is 2. The van der Waals surface area contributed by atoms with Crippen LogP contribution in [0.5, 0.6) is 0 Å². The Morgan fingerprint density at radius 1 is 1.19 bits per heavy atom. The Morgan fingerprint density at radius 2 is 1.86 bits per heavy atom. The fourth-order valence-electron chi connectivity index (χ4n) is 3.15. The highest BCUT2D eigenvalue weighted by Gasteiger charge is 2.24. The van der Waals surface area contributed by atoms with Gasteiger partial charge in [0, 0.05) is 12.6 Å². The van der Waals surface area contributed by atoms with E-state index in [2.05, 4.69) is 36.1 Å². The van der Waals surface area contributed by atoms with Crippen molar-refractivity contribution in [2.75, 3.05) is 13.1 Å². The molecule has 1 aliphatic rings. The van der Waals surface area contributed by atoms with E-state index in [4.69, 9.17) is 5.73 Å². The minimum absolute atomic E-state index is 0.263. The monoisotopic (exact) mass is 288 g/mol. The summed E-state index contributed by atoms with van der Waals surface area (Å²) in [6, 6.07) is 8.72. The van der Waals surface area contributed by atoms with E-state index in [1.165, 1.54) is 24.8 Å². The van der Waals surface area contributed by atoms with Crippen LogP contribution in [0.4, 0.5) is 0 Å². The summed E-state index contributed by atoms with van der Waals surface area (Å²) in [6.45, 7) is 3.54. The summed E-state index contributed by atoms with van der Waals surface area (Å²) >= 11 is 0. The minimum atomic E-state index is 0.263. The third-order valence-corrected chi connectivity index (χ3v) is 4.41. The van der Waals surface area contributed by atoms with E-state index in [-0.39, 0.29) is 5.91 Å². The SMILES string of the molecule is Cc1ccc(CC(=O)N(CCCN)C2CCCCC2)cc1. The maximum atomic E-state index is 12.7. The van der Waals surface area contributed by atoms with Gasteiger partial charge in [-0.05, 0) is 38.3 Å². The van der Waals surface area contributed by atoms with Crippen molar-refractivity contribution < 1.29 is 4.79 Å². The van der Waals surface area contributed by atoms with Crippen molar-refractivity contribution in [1.82, 2.24) is 4.90 Å². The second kappa shape index (κ2) is 8.18. The fourth-order valence-corrected chi connectivity index (χ4v) is 3.15. The third kappa shape index (κ3) is 4.85. The first kappa shape index (κ1) is 16.0. The highest BCUT2D eigenvalue weighted by Crippen LogP contribution is 2.23. The van der Waals surface area contributed by atoms with Crippen LogP contribution in [0.2, 0.25) is 0 Å². The first-order valence-electron chi connectivity index (χ1n) is 8.26. The molecule has 3 heteroatoms. The Labute approximate surface area is 128 Å². The van der Waals surface area contributed by atoms with Gasteiger partial charge in [0.15, 0.2) is 0 Å². The molecule has 1 aromatic rings.